The summed E-state index contributed by atoms with van der Waals surface area (Å²) in [6.45, 7) is 12.4. The molecule has 1 unspecified atom stereocenters. The summed E-state index contributed by atoms with van der Waals surface area (Å²) in [5.74, 6) is 1.15. The van der Waals surface area contributed by atoms with Crippen molar-refractivity contribution in [2.75, 3.05) is 17.2 Å². The number of anilines is 2. The summed E-state index contributed by atoms with van der Waals surface area (Å²) in [4.78, 5) is 24.3. The van der Waals surface area contributed by atoms with E-state index >= 15 is 0 Å². The van der Waals surface area contributed by atoms with Crippen LogP contribution >= 0.6 is 11.8 Å². The van der Waals surface area contributed by atoms with Crippen molar-refractivity contribution in [3.05, 3.63) is 78.4 Å². The minimum absolute atomic E-state index is 0.0371. The molecule has 1 aromatic heterocycles. The van der Waals surface area contributed by atoms with Crippen LogP contribution < -0.4 is 15.4 Å². The fourth-order valence-corrected chi connectivity index (χ4v) is 4.91. The molecule has 1 heterocycles. The van der Waals surface area contributed by atoms with Crippen molar-refractivity contribution >= 4 is 35.0 Å². The summed E-state index contributed by atoms with van der Waals surface area (Å²) in [7, 11) is 0. The van der Waals surface area contributed by atoms with Crippen molar-refractivity contribution in [3.8, 4) is 22.8 Å². The Bertz CT molecular complexity index is 1460. The summed E-state index contributed by atoms with van der Waals surface area (Å²) in [6, 6.07) is 23.1. The van der Waals surface area contributed by atoms with Crippen LogP contribution in [0.25, 0.3) is 17.1 Å². The van der Waals surface area contributed by atoms with Gasteiger partial charge in [0.2, 0.25) is 11.8 Å². The number of benzene rings is 3. The Morgan fingerprint density at radius 2 is 1.50 bits per heavy atom. The highest BCUT2D eigenvalue weighted by Gasteiger charge is 2.23. The van der Waals surface area contributed by atoms with Gasteiger partial charge in [-0.2, -0.15) is 0 Å². The Kier molecular flexibility index (Phi) is 8.94. The third-order valence-corrected chi connectivity index (χ3v) is 7.22. The van der Waals surface area contributed by atoms with Crippen LogP contribution in [-0.4, -0.2) is 38.4 Å². The van der Waals surface area contributed by atoms with E-state index in [2.05, 4.69) is 65.9 Å². The van der Waals surface area contributed by atoms with Crippen LogP contribution in [0.1, 0.15) is 47.1 Å². The quantitative estimate of drug-likeness (QED) is 0.222. The number of carbonyl (C=O) groups is 2. The van der Waals surface area contributed by atoms with Gasteiger partial charge in [-0.15, -0.1) is 10.2 Å². The molecule has 2 N–H and O–H groups in total. The van der Waals surface area contributed by atoms with Crippen molar-refractivity contribution in [2.24, 2.45) is 0 Å². The Hall–Kier alpha value is -4.11. The van der Waals surface area contributed by atoms with Crippen LogP contribution in [0.5, 0.6) is 5.75 Å². The predicted molar refractivity (Wildman–Crippen MR) is 161 cm³/mol. The van der Waals surface area contributed by atoms with E-state index in [1.807, 2.05) is 42.7 Å². The first-order chi connectivity index (χ1) is 19.0. The van der Waals surface area contributed by atoms with Gasteiger partial charge in [0.1, 0.15) is 5.75 Å². The van der Waals surface area contributed by atoms with Crippen molar-refractivity contribution in [1.82, 2.24) is 14.8 Å². The molecular weight excluding hydrogens is 522 g/mol. The molecule has 0 spiro atoms. The van der Waals surface area contributed by atoms with Gasteiger partial charge in [0.05, 0.1) is 11.9 Å². The lowest BCUT2D eigenvalue weighted by Gasteiger charge is -2.19. The summed E-state index contributed by atoms with van der Waals surface area (Å²) in [6.07, 6.45) is 0. The van der Waals surface area contributed by atoms with Crippen molar-refractivity contribution in [2.45, 2.75) is 57.4 Å². The van der Waals surface area contributed by atoms with Gasteiger partial charge in [-0.25, -0.2) is 0 Å². The molecule has 0 saturated heterocycles. The number of hydrogen-bond acceptors (Lipinski definition) is 6. The molecule has 4 aromatic rings. The first-order valence-corrected chi connectivity index (χ1v) is 14.1. The number of nitrogens with zero attached hydrogens (tertiary/aromatic N) is 3. The van der Waals surface area contributed by atoms with E-state index in [9.17, 15) is 9.59 Å². The van der Waals surface area contributed by atoms with Crippen molar-refractivity contribution in [3.63, 3.8) is 0 Å². The Labute approximate surface area is 239 Å². The van der Waals surface area contributed by atoms with Gasteiger partial charge in [-0.3, -0.25) is 14.2 Å². The summed E-state index contributed by atoms with van der Waals surface area (Å²) in [5, 5.41) is 14.8. The van der Waals surface area contributed by atoms with Gasteiger partial charge < -0.3 is 15.4 Å². The maximum absolute atomic E-state index is 13.1. The highest BCUT2D eigenvalue weighted by Crippen LogP contribution is 2.32. The first-order valence-electron chi connectivity index (χ1n) is 13.2. The van der Waals surface area contributed by atoms with Crippen LogP contribution in [0.15, 0.2) is 78.0 Å². The van der Waals surface area contributed by atoms with E-state index in [4.69, 9.17) is 4.74 Å². The minimum atomic E-state index is -0.461. The van der Waals surface area contributed by atoms with Gasteiger partial charge in [0.15, 0.2) is 11.0 Å². The number of amides is 2. The van der Waals surface area contributed by atoms with Gasteiger partial charge >= 0.3 is 0 Å². The minimum Gasteiger partial charge on any atom is -0.494 e. The molecule has 0 aliphatic carbocycles. The molecule has 40 heavy (non-hydrogen) atoms. The monoisotopic (exact) mass is 557 g/mol. The fraction of sp³-hybridized carbons (Fsp3) is 0.290. The number of nitrogens with one attached hydrogen (secondary N) is 2. The topological polar surface area (TPSA) is 98.1 Å². The number of rotatable bonds is 9. The van der Waals surface area contributed by atoms with E-state index in [1.54, 1.807) is 24.3 Å². The summed E-state index contributed by atoms with van der Waals surface area (Å²) < 4.78 is 7.60. The number of hydrogen-bond donors (Lipinski definition) is 2. The second-order valence-corrected chi connectivity index (χ2v) is 11.7. The summed E-state index contributed by atoms with van der Waals surface area (Å²) in [5.41, 5.74) is 4.37. The lowest BCUT2D eigenvalue weighted by Crippen LogP contribution is -2.23. The van der Waals surface area contributed by atoms with Gasteiger partial charge in [-0.1, -0.05) is 56.8 Å². The zero-order chi connectivity index (χ0) is 28.9. The molecule has 0 bridgehead atoms. The largest absolute Gasteiger partial charge is 0.494 e. The zero-order valence-electron chi connectivity index (χ0n) is 23.7. The Morgan fingerprint density at radius 3 is 2.05 bits per heavy atom. The van der Waals surface area contributed by atoms with Gasteiger partial charge in [0, 0.05) is 29.5 Å². The van der Waals surface area contributed by atoms with Crippen LogP contribution in [0.3, 0.4) is 0 Å². The molecule has 1 atom stereocenters. The number of carbonyl (C=O) groups excluding carboxylic acids is 2. The van der Waals surface area contributed by atoms with Crippen LogP contribution in [0.4, 0.5) is 11.4 Å². The summed E-state index contributed by atoms with van der Waals surface area (Å²) >= 11 is 1.33. The molecule has 2 amide bonds. The van der Waals surface area contributed by atoms with E-state index in [0.29, 0.717) is 29.0 Å². The molecule has 0 aliphatic rings. The smallest absolute Gasteiger partial charge is 0.237 e. The Morgan fingerprint density at radius 1 is 0.900 bits per heavy atom. The van der Waals surface area contributed by atoms with Crippen LogP contribution in [0.2, 0.25) is 0 Å². The Balaban J connectivity index is 1.60. The van der Waals surface area contributed by atoms with Crippen molar-refractivity contribution < 1.29 is 14.3 Å². The third-order valence-electron chi connectivity index (χ3n) is 6.17. The van der Waals surface area contributed by atoms with Crippen LogP contribution in [0, 0.1) is 0 Å². The van der Waals surface area contributed by atoms with Crippen LogP contribution in [-0.2, 0) is 15.0 Å². The lowest BCUT2D eigenvalue weighted by molar-refractivity contribution is -0.115. The van der Waals surface area contributed by atoms with E-state index in [0.717, 1.165) is 17.0 Å². The molecule has 0 radical (unpaired) electrons. The standard InChI is InChI=1S/C31H35N5O3S/c1-7-39-27-18-16-26(17-19-27)36-28(22-8-10-23(11-9-22)31(4,5)6)34-35-30(36)40-20(2)29(38)33-25-14-12-24(13-15-25)32-21(3)37/h8-20H,7H2,1-6H3,(H,32,37)(H,33,38). The zero-order valence-corrected chi connectivity index (χ0v) is 24.5. The molecule has 0 aliphatic heterocycles. The highest BCUT2D eigenvalue weighted by molar-refractivity contribution is 8.00. The van der Waals surface area contributed by atoms with Gasteiger partial charge in [0.25, 0.3) is 0 Å². The number of ether oxygens (including phenoxy) is 1. The number of thioether (sulfide) groups is 1. The van der Waals surface area contributed by atoms with E-state index in [1.165, 1.54) is 24.2 Å². The third kappa shape index (κ3) is 7.09. The van der Waals surface area contributed by atoms with Crippen molar-refractivity contribution in [1.29, 1.82) is 0 Å². The SMILES string of the molecule is CCOc1ccc(-n2c(SC(C)C(=O)Nc3ccc(NC(C)=O)cc3)nnc2-c2ccc(C(C)(C)C)cc2)cc1. The van der Waals surface area contributed by atoms with E-state index < -0.39 is 5.25 Å². The molecule has 4 rings (SSSR count). The first kappa shape index (κ1) is 28.9. The molecule has 0 saturated carbocycles. The average Bonchev–Trinajstić information content (AvgIpc) is 3.33. The molecule has 8 nitrogen and oxygen atoms in total. The molecule has 3 aromatic carbocycles. The lowest BCUT2D eigenvalue weighted by atomic mass is 9.87. The second-order valence-electron chi connectivity index (χ2n) is 10.4. The normalized spacial score (nSPS) is 12.1. The van der Waals surface area contributed by atoms with E-state index in [-0.39, 0.29) is 17.2 Å². The average molecular weight is 558 g/mol. The maximum atomic E-state index is 13.1. The fourth-order valence-electron chi connectivity index (χ4n) is 4.04. The highest BCUT2D eigenvalue weighted by atomic mass is 32.2. The van der Waals surface area contributed by atoms with Gasteiger partial charge in [-0.05, 0) is 73.4 Å². The molecule has 208 valence electrons. The predicted octanol–water partition coefficient (Wildman–Crippen LogP) is 6.71. The maximum Gasteiger partial charge on any atom is 0.237 e. The second kappa shape index (κ2) is 12.4. The number of aromatic nitrogens is 3. The molecular formula is C31H35N5O3S. The molecule has 0 fully saturated rings. The molecule has 9 heteroatoms.